The summed E-state index contributed by atoms with van der Waals surface area (Å²) in [6.07, 6.45) is 0.143. The Morgan fingerprint density at radius 3 is 2.21 bits per heavy atom. The van der Waals surface area contributed by atoms with Crippen molar-refractivity contribution in [1.82, 2.24) is 0 Å². The molecule has 1 aliphatic heterocycles. The zero-order chi connectivity index (χ0) is 13.3. The van der Waals surface area contributed by atoms with Gasteiger partial charge in [-0.2, -0.15) is 0 Å². The van der Waals surface area contributed by atoms with Crippen molar-refractivity contribution in [3.05, 3.63) is 65.7 Å². The van der Waals surface area contributed by atoms with Crippen LogP contribution in [0.3, 0.4) is 0 Å². The summed E-state index contributed by atoms with van der Waals surface area (Å²) >= 11 is 0. The number of hydrogen-bond donors (Lipinski definition) is 0. The number of benzene rings is 2. The average molecular weight is 268 g/mol. The van der Waals surface area contributed by atoms with Crippen LogP contribution in [0.2, 0.25) is 12.1 Å². The van der Waals surface area contributed by atoms with E-state index in [0.717, 1.165) is 12.1 Å². The van der Waals surface area contributed by atoms with Crippen LogP contribution < -0.4 is 5.19 Å². The molecule has 0 N–H and O–H groups in total. The lowest BCUT2D eigenvalue weighted by Crippen LogP contribution is -2.45. The SMILES string of the molecule is CC[Si]1(CC)O[C@H](c2ccccc2)c2ccccc21. The van der Waals surface area contributed by atoms with Crippen LogP contribution in [0.4, 0.5) is 0 Å². The van der Waals surface area contributed by atoms with Gasteiger partial charge in [-0.25, -0.2) is 0 Å². The Kier molecular flexibility index (Phi) is 3.29. The monoisotopic (exact) mass is 268 g/mol. The normalized spacial score (nSPS) is 20.2. The molecule has 0 unspecified atom stereocenters. The lowest BCUT2D eigenvalue weighted by atomic mass is 10.0. The van der Waals surface area contributed by atoms with E-state index < -0.39 is 8.32 Å². The maximum Gasteiger partial charge on any atom is 0.225 e. The van der Waals surface area contributed by atoms with Gasteiger partial charge in [0.25, 0.3) is 0 Å². The van der Waals surface area contributed by atoms with Gasteiger partial charge in [-0.05, 0) is 28.4 Å². The Labute approximate surface area is 116 Å². The summed E-state index contributed by atoms with van der Waals surface area (Å²) in [5.41, 5.74) is 2.68. The summed E-state index contributed by atoms with van der Waals surface area (Å²) in [6, 6.07) is 21.7. The van der Waals surface area contributed by atoms with Crippen molar-refractivity contribution in [3.8, 4) is 0 Å². The average Bonchev–Trinajstić information content (AvgIpc) is 2.84. The highest BCUT2D eigenvalue weighted by Gasteiger charge is 2.45. The number of hydrogen-bond acceptors (Lipinski definition) is 1. The molecule has 2 aromatic rings. The predicted molar refractivity (Wildman–Crippen MR) is 82.2 cm³/mol. The fourth-order valence-corrected chi connectivity index (χ4v) is 6.74. The van der Waals surface area contributed by atoms with Gasteiger partial charge in [-0.1, -0.05) is 68.4 Å². The number of rotatable bonds is 3. The van der Waals surface area contributed by atoms with Crippen molar-refractivity contribution in [2.24, 2.45) is 0 Å². The van der Waals surface area contributed by atoms with E-state index in [1.54, 1.807) is 0 Å². The second-order valence-electron chi connectivity index (χ2n) is 5.20. The molecule has 2 aromatic carbocycles. The highest BCUT2D eigenvalue weighted by atomic mass is 28.4. The van der Waals surface area contributed by atoms with E-state index in [1.807, 2.05) is 0 Å². The zero-order valence-electron chi connectivity index (χ0n) is 11.6. The van der Waals surface area contributed by atoms with E-state index in [1.165, 1.54) is 16.3 Å². The molecule has 1 atom stereocenters. The van der Waals surface area contributed by atoms with Crippen LogP contribution in [0.25, 0.3) is 0 Å². The molecule has 3 rings (SSSR count). The van der Waals surface area contributed by atoms with Crippen LogP contribution >= 0.6 is 0 Å². The molecular formula is C17H20OSi. The van der Waals surface area contributed by atoms with Crippen molar-refractivity contribution in [1.29, 1.82) is 0 Å². The third-order valence-corrected chi connectivity index (χ3v) is 8.73. The van der Waals surface area contributed by atoms with E-state index in [-0.39, 0.29) is 6.10 Å². The first kappa shape index (κ1) is 12.6. The molecule has 2 heteroatoms. The van der Waals surface area contributed by atoms with Gasteiger partial charge in [0.05, 0.1) is 6.10 Å². The topological polar surface area (TPSA) is 9.23 Å². The molecule has 1 nitrogen and oxygen atoms in total. The Morgan fingerprint density at radius 1 is 0.895 bits per heavy atom. The van der Waals surface area contributed by atoms with E-state index in [9.17, 15) is 0 Å². The maximum absolute atomic E-state index is 6.64. The van der Waals surface area contributed by atoms with Gasteiger partial charge in [0.2, 0.25) is 8.32 Å². The third kappa shape index (κ3) is 1.95. The molecule has 0 aromatic heterocycles. The third-order valence-electron chi connectivity index (χ3n) is 4.32. The number of fused-ring (bicyclic) bond motifs is 1. The lowest BCUT2D eigenvalue weighted by Gasteiger charge is -2.25. The van der Waals surface area contributed by atoms with Gasteiger partial charge < -0.3 is 4.43 Å². The van der Waals surface area contributed by atoms with Crippen LogP contribution in [0.1, 0.15) is 31.1 Å². The fourth-order valence-electron chi connectivity index (χ4n) is 3.17. The summed E-state index contributed by atoms with van der Waals surface area (Å²) in [7, 11) is -1.75. The van der Waals surface area contributed by atoms with Crippen molar-refractivity contribution < 1.29 is 4.43 Å². The molecule has 1 aliphatic rings. The second kappa shape index (κ2) is 4.95. The molecule has 1 heterocycles. The van der Waals surface area contributed by atoms with Crippen LogP contribution in [0, 0.1) is 0 Å². The highest BCUT2D eigenvalue weighted by Crippen LogP contribution is 2.38. The first-order valence-electron chi connectivity index (χ1n) is 7.13. The zero-order valence-corrected chi connectivity index (χ0v) is 12.6. The standard InChI is InChI=1S/C17H20OSi/c1-3-19(4-2)16-13-9-8-12-15(16)17(18-19)14-10-6-5-7-11-14/h5-13,17H,3-4H2,1-2H3/t17-/m1/s1. The van der Waals surface area contributed by atoms with Crippen LogP contribution in [0.15, 0.2) is 54.6 Å². The molecule has 0 saturated heterocycles. The van der Waals surface area contributed by atoms with Gasteiger partial charge >= 0.3 is 0 Å². The Hall–Kier alpha value is -1.38. The highest BCUT2D eigenvalue weighted by molar-refractivity contribution is 6.87. The van der Waals surface area contributed by atoms with E-state index in [4.69, 9.17) is 4.43 Å². The van der Waals surface area contributed by atoms with Crippen molar-refractivity contribution >= 4 is 13.5 Å². The van der Waals surface area contributed by atoms with Gasteiger partial charge in [-0.15, -0.1) is 0 Å². The predicted octanol–water partition coefficient (Wildman–Crippen LogP) is 4.00. The Morgan fingerprint density at radius 2 is 1.53 bits per heavy atom. The van der Waals surface area contributed by atoms with E-state index in [0.29, 0.717) is 0 Å². The van der Waals surface area contributed by atoms with Crippen molar-refractivity contribution in [3.63, 3.8) is 0 Å². The molecule has 19 heavy (non-hydrogen) atoms. The summed E-state index contributed by atoms with van der Waals surface area (Å²) in [4.78, 5) is 0. The smallest absolute Gasteiger partial charge is 0.225 e. The van der Waals surface area contributed by atoms with E-state index >= 15 is 0 Å². The molecule has 0 aliphatic carbocycles. The Bertz CT molecular complexity index is 560. The summed E-state index contributed by atoms with van der Waals surface area (Å²) < 4.78 is 6.64. The summed E-state index contributed by atoms with van der Waals surface area (Å²) in [5, 5.41) is 1.51. The minimum absolute atomic E-state index is 0.143. The fraction of sp³-hybridized carbons (Fsp3) is 0.294. The van der Waals surface area contributed by atoms with Crippen molar-refractivity contribution in [2.75, 3.05) is 0 Å². The minimum atomic E-state index is -1.75. The molecular weight excluding hydrogens is 248 g/mol. The summed E-state index contributed by atoms with van der Waals surface area (Å²) in [5.74, 6) is 0. The lowest BCUT2D eigenvalue weighted by molar-refractivity contribution is 0.253. The van der Waals surface area contributed by atoms with Gasteiger partial charge in [0.1, 0.15) is 0 Å². The largest absolute Gasteiger partial charge is 0.401 e. The molecule has 0 saturated carbocycles. The molecule has 0 fully saturated rings. The second-order valence-corrected chi connectivity index (χ2v) is 9.37. The van der Waals surface area contributed by atoms with Crippen LogP contribution in [0.5, 0.6) is 0 Å². The van der Waals surface area contributed by atoms with Crippen molar-refractivity contribution in [2.45, 2.75) is 32.0 Å². The quantitative estimate of drug-likeness (QED) is 0.765. The van der Waals surface area contributed by atoms with Crippen LogP contribution in [-0.4, -0.2) is 8.32 Å². The van der Waals surface area contributed by atoms with Gasteiger partial charge in [-0.3, -0.25) is 0 Å². The Balaban J connectivity index is 2.12. The molecule has 0 amide bonds. The minimum Gasteiger partial charge on any atom is -0.401 e. The van der Waals surface area contributed by atoms with Gasteiger partial charge in [0, 0.05) is 0 Å². The maximum atomic E-state index is 6.64. The van der Waals surface area contributed by atoms with E-state index in [2.05, 4.69) is 68.4 Å². The molecule has 0 radical (unpaired) electrons. The molecule has 98 valence electrons. The first-order chi connectivity index (χ1) is 9.30. The van der Waals surface area contributed by atoms with Crippen LogP contribution in [-0.2, 0) is 4.43 Å². The van der Waals surface area contributed by atoms with Gasteiger partial charge in [0.15, 0.2) is 0 Å². The summed E-state index contributed by atoms with van der Waals surface area (Å²) in [6.45, 7) is 4.56. The first-order valence-corrected chi connectivity index (χ1v) is 9.45. The molecule has 0 bridgehead atoms. The molecule has 0 spiro atoms.